The van der Waals surface area contributed by atoms with Crippen molar-refractivity contribution in [2.75, 3.05) is 137 Å². The number of carbonyl (C=O) groups excluding carboxylic acids is 9. The Morgan fingerprint density at radius 3 is 0.844 bits per heavy atom. The summed E-state index contributed by atoms with van der Waals surface area (Å²) in [6.45, 7) is -5.17. The van der Waals surface area contributed by atoms with Crippen LogP contribution in [0.1, 0.15) is 73.3 Å². The molecule has 0 aliphatic rings. The smallest absolute Gasteiger partial charge is 0.255 e. The zero-order chi connectivity index (χ0) is 68.8. The van der Waals surface area contributed by atoms with Crippen LogP contribution in [0.25, 0.3) is 0 Å². The normalized spacial score (nSPS) is 13.3. The number of carbonyl (C=O) groups is 9. The van der Waals surface area contributed by atoms with Crippen molar-refractivity contribution >= 4 is 228 Å². The minimum Gasteiger partial charge on any atom is -0.394 e. The van der Waals surface area contributed by atoms with Gasteiger partial charge in [0.25, 0.3) is 53.2 Å². The number of benzene rings is 3. The van der Waals surface area contributed by atoms with E-state index in [2.05, 4.69) is 16.0 Å². The molecule has 0 radical (unpaired) electrons. The van der Waals surface area contributed by atoms with Crippen LogP contribution < -0.4 is 16.0 Å². The fourth-order valence-corrected chi connectivity index (χ4v) is 18.1. The van der Waals surface area contributed by atoms with Crippen LogP contribution in [-0.4, -0.2) is 301 Å². The highest BCUT2D eigenvalue weighted by molar-refractivity contribution is 14.1. The lowest BCUT2D eigenvalue weighted by Crippen LogP contribution is -2.45. The molecule has 37 heteroatoms. The van der Waals surface area contributed by atoms with Gasteiger partial charge < -0.3 is 107 Å². The first-order valence-electron chi connectivity index (χ1n) is 26.4. The fraction of sp³-hybridized carbons (Fsp3) is 0.491. The van der Waals surface area contributed by atoms with Gasteiger partial charge in [-0.15, -0.1) is 0 Å². The number of nitrogens with one attached hydrogen (secondary N) is 3. The first-order chi connectivity index (χ1) is 42.0. The number of aliphatic hydroxyl groups excluding tert-OH is 12. The SMILES string of the molecule is Cc1c(NC(=O)C(O)CO)c(I)c(C(=O)N(C)CCN(CCN(C)C(=O)c2c(I)c(NC(=O)C(O)CO)c(I)c(C(=O)N(C)CC(O)CO)c2I)C(=O)c2c(C)c(NC(=O)C(O)CO)c(I)c(C(=O)N(C)CC(O)CO)c2I)c(I)c1C(=O)N(C)CC(O)CO. The van der Waals surface area contributed by atoms with Gasteiger partial charge in [0.05, 0.1) is 123 Å². The van der Waals surface area contributed by atoms with Crippen LogP contribution in [0.15, 0.2) is 0 Å². The first-order valence-corrected chi connectivity index (χ1v) is 34.0. The second kappa shape index (κ2) is 37.1. The molecule has 3 aromatic carbocycles. The van der Waals surface area contributed by atoms with E-state index < -0.39 is 162 Å². The molecular formula is C53H68I7N9O21. The number of aliphatic hydroxyl groups is 12. The van der Waals surface area contributed by atoms with E-state index in [-0.39, 0.29) is 99.7 Å². The predicted molar refractivity (Wildman–Crippen MR) is 383 cm³/mol. The lowest BCUT2D eigenvalue weighted by Gasteiger charge is -2.31. The maximum Gasteiger partial charge on any atom is 0.255 e. The summed E-state index contributed by atoms with van der Waals surface area (Å²) in [5.41, 5.74) is -1.41. The number of amides is 9. The summed E-state index contributed by atoms with van der Waals surface area (Å²) in [5, 5.41) is 127. The minimum absolute atomic E-state index is 0.0108. The molecule has 3 aromatic rings. The van der Waals surface area contributed by atoms with Gasteiger partial charge in [-0.1, -0.05) is 0 Å². The second-order valence-corrected chi connectivity index (χ2v) is 27.7. The van der Waals surface area contributed by atoms with Crippen molar-refractivity contribution in [1.29, 1.82) is 0 Å². The van der Waals surface area contributed by atoms with Gasteiger partial charge in [-0.25, -0.2) is 0 Å². The van der Waals surface area contributed by atoms with E-state index in [0.29, 0.717) is 0 Å². The van der Waals surface area contributed by atoms with Crippen LogP contribution >= 0.6 is 158 Å². The molecule has 30 nitrogen and oxygen atoms in total. The Labute approximate surface area is 611 Å². The van der Waals surface area contributed by atoms with E-state index in [9.17, 15) is 90.0 Å². The second-order valence-electron chi connectivity index (χ2n) is 20.2. The summed E-state index contributed by atoms with van der Waals surface area (Å²) in [6.07, 6.45) is -10.0. The van der Waals surface area contributed by atoms with Crippen LogP contribution in [0.2, 0.25) is 0 Å². The van der Waals surface area contributed by atoms with Gasteiger partial charge in [0.15, 0.2) is 18.3 Å². The highest BCUT2D eigenvalue weighted by Gasteiger charge is 2.37. The molecule has 0 bridgehead atoms. The van der Waals surface area contributed by atoms with Gasteiger partial charge in [0, 0.05) is 91.8 Å². The number of hydrogen-bond donors (Lipinski definition) is 15. The molecule has 9 amide bonds. The molecule has 0 aromatic heterocycles. The third kappa shape index (κ3) is 19.8. The fourth-order valence-electron chi connectivity index (χ4n) is 8.34. The Kier molecular flexibility index (Phi) is 33.7. The lowest BCUT2D eigenvalue weighted by atomic mass is 9.99. The molecule has 0 aliphatic heterocycles. The monoisotopic (exact) mass is 2050 g/mol. The summed E-state index contributed by atoms with van der Waals surface area (Å²) in [6, 6.07) is 0. The van der Waals surface area contributed by atoms with Crippen molar-refractivity contribution < 1.29 is 104 Å². The molecule has 0 aliphatic carbocycles. The average molecular weight is 2060 g/mol. The van der Waals surface area contributed by atoms with Crippen molar-refractivity contribution in [3.05, 3.63) is 69.5 Å². The molecule has 0 fully saturated rings. The summed E-state index contributed by atoms with van der Waals surface area (Å²) in [7, 11) is 6.58. The van der Waals surface area contributed by atoms with E-state index in [0.717, 1.165) is 24.5 Å². The van der Waals surface area contributed by atoms with Crippen LogP contribution in [-0.2, 0) is 14.4 Å². The number of anilines is 3. The maximum atomic E-state index is 15.7. The Hall–Kier alpha value is -2.48. The Balaban J connectivity index is 2.44. The van der Waals surface area contributed by atoms with Crippen molar-refractivity contribution in [2.24, 2.45) is 0 Å². The zero-order valence-corrected chi connectivity index (χ0v) is 64.1. The van der Waals surface area contributed by atoms with Crippen molar-refractivity contribution in [1.82, 2.24) is 29.4 Å². The van der Waals surface area contributed by atoms with Crippen LogP contribution in [0.4, 0.5) is 17.1 Å². The van der Waals surface area contributed by atoms with E-state index in [4.69, 9.17) is 0 Å². The molecular weight excluding hydrogens is 1990 g/mol. The molecule has 90 heavy (non-hydrogen) atoms. The number of hydrogen-bond acceptors (Lipinski definition) is 21. The number of nitrogens with zero attached hydrogens (tertiary/aromatic N) is 6. The van der Waals surface area contributed by atoms with Crippen LogP contribution in [0.3, 0.4) is 0 Å². The molecule has 15 N–H and O–H groups in total. The zero-order valence-electron chi connectivity index (χ0n) is 49.0. The van der Waals surface area contributed by atoms with E-state index in [1.807, 2.05) is 0 Å². The van der Waals surface area contributed by atoms with E-state index in [1.54, 1.807) is 158 Å². The predicted octanol–water partition coefficient (Wildman–Crippen LogP) is -1.33. The lowest BCUT2D eigenvalue weighted by molar-refractivity contribution is -0.126. The summed E-state index contributed by atoms with van der Waals surface area (Å²) in [5.74, 6) is -8.27. The van der Waals surface area contributed by atoms with Gasteiger partial charge in [0.1, 0.15) is 0 Å². The van der Waals surface area contributed by atoms with Gasteiger partial charge in [0.2, 0.25) is 0 Å². The van der Waals surface area contributed by atoms with E-state index >= 15 is 14.4 Å². The average Bonchev–Trinajstić information content (AvgIpc) is 0.821. The van der Waals surface area contributed by atoms with Crippen molar-refractivity contribution in [3.8, 4) is 0 Å². The van der Waals surface area contributed by atoms with Gasteiger partial charge >= 0.3 is 0 Å². The minimum atomic E-state index is -1.99. The molecule has 3 rings (SSSR count). The Morgan fingerprint density at radius 1 is 0.333 bits per heavy atom. The first kappa shape index (κ1) is 81.8. The maximum absolute atomic E-state index is 15.7. The van der Waals surface area contributed by atoms with Gasteiger partial charge in [-0.2, -0.15) is 0 Å². The summed E-state index contributed by atoms with van der Waals surface area (Å²) >= 11 is 12.2. The molecule has 0 spiro atoms. The third-order valence-electron chi connectivity index (χ3n) is 13.5. The Bertz CT molecular complexity index is 3080. The van der Waals surface area contributed by atoms with E-state index in [1.165, 1.54) is 54.0 Å². The molecule has 0 saturated heterocycles. The summed E-state index contributed by atoms with van der Waals surface area (Å²) < 4.78 is 0.268. The topological polar surface area (TPSA) is 452 Å². The number of likely N-dealkylation sites (N-methyl/N-ethyl adjacent to an activating group) is 5. The number of halogens is 7. The van der Waals surface area contributed by atoms with Crippen LogP contribution in [0.5, 0.6) is 0 Å². The Morgan fingerprint density at radius 2 is 0.567 bits per heavy atom. The highest BCUT2D eigenvalue weighted by Crippen LogP contribution is 2.40. The highest BCUT2D eigenvalue weighted by atomic mass is 127. The molecule has 6 unspecified atom stereocenters. The molecule has 0 saturated carbocycles. The summed E-state index contributed by atoms with van der Waals surface area (Å²) in [4.78, 5) is 135. The molecule has 500 valence electrons. The van der Waals surface area contributed by atoms with Crippen molar-refractivity contribution in [3.63, 3.8) is 0 Å². The standard InChI is InChI=1S/C53H68I7N9O21/c1-21-29(48(85)66(5)12-23(76)15-70)35(54)31(38(57)42(21)61-45(82)26(79)18-73)49(86)64(3)8-10-69(53(90)30-22(2)43(62-46(83)27(80)19-74)39(58)32(36(30)55)51(88)67(6)13-24(77)16-71)11-9-65(4)50(87)33-37(56)34(52(89)68(7)14-25(78)17-72)41(60)44(40(33)59)63-47(84)28(81)20-75/h23-28,70-81H,8-20H2,1-7H3,(H,61,82)(H,62,83)(H,63,84). The largest absolute Gasteiger partial charge is 0.394 e. The number of rotatable bonds is 30. The molecule has 6 atom stereocenters. The third-order valence-corrected chi connectivity index (χ3v) is 21.1. The van der Waals surface area contributed by atoms with Crippen LogP contribution in [0, 0.1) is 38.8 Å². The van der Waals surface area contributed by atoms with Crippen molar-refractivity contribution in [2.45, 2.75) is 50.5 Å². The molecule has 0 heterocycles. The van der Waals surface area contributed by atoms with Gasteiger partial charge in [-0.05, 0) is 183 Å². The van der Waals surface area contributed by atoms with Gasteiger partial charge in [-0.3, -0.25) is 43.2 Å². The quantitative estimate of drug-likeness (QED) is 0.0344.